The van der Waals surface area contributed by atoms with Gasteiger partial charge in [-0.1, -0.05) is 30.3 Å². The molecule has 0 radical (unpaired) electrons. The van der Waals surface area contributed by atoms with Crippen LogP contribution >= 0.6 is 0 Å². The number of nitrogens with one attached hydrogen (secondary N) is 2. The number of tetrazole rings is 1. The summed E-state index contributed by atoms with van der Waals surface area (Å²) in [6.07, 6.45) is 2.52. The maximum atomic E-state index is 9.17. The predicted octanol–water partition coefficient (Wildman–Crippen LogP) is 2.75. The van der Waals surface area contributed by atoms with Crippen LogP contribution < -0.4 is 5.32 Å². The first kappa shape index (κ1) is 13.2. The molecule has 2 aromatic carbocycles. The molecule has 0 spiro atoms. The highest BCUT2D eigenvalue weighted by molar-refractivity contribution is 5.79. The van der Waals surface area contributed by atoms with E-state index in [1.807, 2.05) is 6.07 Å². The second kappa shape index (κ2) is 5.39. The number of benzene rings is 2. The molecule has 0 amide bonds. The number of rotatable bonds is 3. The summed E-state index contributed by atoms with van der Waals surface area (Å²) in [6, 6.07) is 16.7. The monoisotopic (exact) mass is 300 g/mol. The van der Waals surface area contributed by atoms with Gasteiger partial charge in [0, 0.05) is 11.9 Å². The van der Waals surface area contributed by atoms with E-state index in [2.05, 4.69) is 68.4 Å². The van der Waals surface area contributed by atoms with Crippen LogP contribution in [0.2, 0.25) is 0 Å². The van der Waals surface area contributed by atoms with E-state index in [-0.39, 0.29) is 5.82 Å². The first-order chi connectivity index (χ1) is 11.3. The Kier molecular flexibility index (Phi) is 3.10. The van der Waals surface area contributed by atoms with Gasteiger partial charge in [0.05, 0.1) is 0 Å². The summed E-state index contributed by atoms with van der Waals surface area (Å²) in [6.45, 7) is 0. The van der Waals surface area contributed by atoms with Gasteiger partial charge in [-0.3, -0.25) is 0 Å². The molecule has 6 heteroatoms. The van der Waals surface area contributed by atoms with Crippen molar-refractivity contribution < 1.29 is 0 Å². The number of fused-ring (bicyclic) bond motifs is 3. The van der Waals surface area contributed by atoms with Crippen LogP contribution in [-0.2, 0) is 6.42 Å². The van der Waals surface area contributed by atoms with E-state index < -0.39 is 0 Å². The lowest BCUT2D eigenvalue weighted by atomic mass is 10.1. The topological polar surface area (TPSA) is 90.3 Å². The maximum absolute atomic E-state index is 9.17. The van der Waals surface area contributed by atoms with Gasteiger partial charge in [0.25, 0.3) is 0 Å². The van der Waals surface area contributed by atoms with Crippen molar-refractivity contribution in [2.75, 3.05) is 5.32 Å². The number of hydrogen-bond donors (Lipinski definition) is 2. The lowest BCUT2D eigenvalue weighted by molar-refractivity contribution is 0.881. The number of hydrogen-bond acceptors (Lipinski definition) is 5. The Morgan fingerprint density at radius 2 is 2.04 bits per heavy atom. The standard InChI is InChI=1S/C17H12N6/c18-9-13(17-20-22-23-21-17)10-19-14-5-6-16-12(8-14)7-11-3-1-2-4-15(11)16/h1-6,8,10,19H,7H2,(H,20,21,22,23). The number of H-pyrrole nitrogens is 1. The van der Waals surface area contributed by atoms with Crippen molar-refractivity contribution in [1.29, 1.82) is 5.26 Å². The third-order valence-electron chi connectivity index (χ3n) is 3.88. The molecule has 4 rings (SSSR count). The highest BCUT2D eigenvalue weighted by Crippen LogP contribution is 2.37. The minimum atomic E-state index is 0.272. The molecule has 1 aliphatic carbocycles. The van der Waals surface area contributed by atoms with Gasteiger partial charge >= 0.3 is 0 Å². The fraction of sp³-hybridized carbons (Fsp3) is 0.0588. The minimum Gasteiger partial charge on any atom is -0.360 e. The minimum absolute atomic E-state index is 0.272. The number of nitriles is 1. The molecule has 0 bridgehead atoms. The van der Waals surface area contributed by atoms with E-state index in [0.717, 1.165) is 12.1 Å². The molecular weight excluding hydrogens is 288 g/mol. The summed E-state index contributed by atoms with van der Waals surface area (Å²) in [4.78, 5) is 0. The zero-order valence-electron chi connectivity index (χ0n) is 12.1. The third kappa shape index (κ3) is 2.34. The number of anilines is 1. The lowest BCUT2D eigenvalue weighted by Gasteiger charge is -2.05. The van der Waals surface area contributed by atoms with Crippen LogP contribution in [0.3, 0.4) is 0 Å². The molecule has 110 valence electrons. The summed E-state index contributed by atoms with van der Waals surface area (Å²) in [7, 11) is 0. The van der Waals surface area contributed by atoms with Crippen LogP contribution in [0, 0.1) is 11.3 Å². The average Bonchev–Trinajstić information content (AvgIpc) is 3.22. The number of aromatic nitrogens is 4. The zero-order valence-corrected chi connectivity index (χ0v) is 12.1. The van der Waals surface area contributed by atoms with Gasteiger partial charge in [-0.25, -0.2) is 0 Å². The third-order valence-corrected chi connectivity index (χ3v) is 3.88. The Morgan fingerprint density at radius 3 is 2.87 bits per heavy atom. The van der Waals surface area contributed by atoms with Gasteiger partial charge in [-0.2, -0.15) is 10.5 Å². The highest BCUT2D eigenvalue weighted by Gasteiger charge is 2.17. The molecule has 1 aliphatic rings. The second-order valence-electron chi connectivity index (χ2n) is 5.26. The van der Waals surface area contributed by atoms with E-state index in [1.165, 1.54) is 22.3 Å². The number of allylic oxidation sites excluding steroid dienone is 1. The van der Waals surface area contributed by atoms with Crippen molar-refractivity contribution in [2.45, 2.75) is 6.42 Å². The van der Waals surface area contributed by atoms with Gasteiger partial charge in [0.2, 0.25) is 5.82 Å². The van der Waals surface area contributed by atoms with E-state index >= 15 is 0 Å². The lowest BCUT2D eigenvalue weighted by Crippen LogP contribution is -1.94. The molecule has 0 atom stereocenters. The predicted molar refractivity (Wildman–Crippen MR) is 86.1 cm³/mol. The molecule has 0 saturated carbocycles. The summed E-state index contributed by atoms with van der Waals surface area (Å²) in [5.41, 5.74) is 6.45. The molecule has 0 aliphatic heterocycles. The van der Waals surface area contributed by atoms with Crippen LogP contribution in [0.4, 0.5) is 5.69 Å². The van der Waals surface area contributed by atoms with Crippen molar-refractivity contribution in [3.05, 3.63) is 65.6 Å². The van der Waals surface area contributed by atoms with Crippen molar-refractivity contribution in [2.24, 2.45) is 0 Å². The van der Waals surface area contributed by atoms with Gasteiger partial charge in [0.1, 0.15) is 11.6 Å². The van der Waals surface area contributed by atoms with Crippen LogP contribution in [0.15, 0.2) is 48.7 Å². The Labute approximate surface area is 132 Å². The molecule has 1 heterocycles. The van der Waals surface area contributed by atoms with E-state index in [4.69, 9.17) is 5.26 Å². The van der Waals surface area contributed by atoms with Gasteiger partial charge in [-0.05, 0) is 46.0 Å². The quantitative estimate of drug-likeness (QED) is 0.568. The summed E-state index contributed by atoms with van der Waals surface area (Å²) in [5.74, 6) is 0.272. The Hall–Kier alpha value is -3.46. The Balaban J connectivity index is 1.61. The summed E-state index contributed by atoms with van der Waals surface area (Å²) < 4.78 is 0. The molecule has 2 N–H and O–H groups in total. The Bertz CT molecular complexity index is 934. The number of aromatic amines is 1. The number of nitrogens with zero attached hydrogens (tertiary/aromatic N) is 4. The molecule has 0 unspecified atom stereocenters. The van der Waals surface area contributed by atoms with Crippen LogP contribution in [0.5, 0.6) is 0 Å². The van der Waals surface area contributed by atoms with Gasteiger partial charge < -0.3 is 5.32 Å². The summed E-state index contributed by atoms with van der Waals surface area (Å²) in [5, 5.41) is 25.7. The molecule has 0 fully saturated rings. The molecule has 3 aromatic rings. The largest absolute Gasteiger partial charge is 0.360 e. The van der Waals surface area contributed by atoms with E-state index in [9.17, 15) is 0 Å². The molecule has 0 saturated heterocycles. The maximum Gasteiger partial charge on any atom is 0.216 e. The summed E-state index contributed by atoms with van der Waals surface area (Å²) >= 11 is 0. The van der Waals surface area contributed by atoms with Crippen LogP contribution in [0.1, 0.15) is 17.0 Å². The fourth-order valence-corrected chi connectivity index (χ4v) is 2.81. The van der Waals surface area contributed by atoms with Crippen molar-refractivity contribution in [1.82, 2.24) is 20.6 Å². The van der Waals surface area contributed by atoms with Crippen LogP contribution in [-0.4, -0.2) is 20.6 Å². The van der Waals surface area contributed by atoms with Crippen LogP contribution in [0.25, 0.3) is 16.7 Å². The van der Waals surface area contributed by atoms with Crippen molar-refractivity contribution >= 4 is 11.3 Å². The molecule has 6 nitrogen and oxygen atoms in total. The molecule has 1 aromatic heterocycles. The normalized spacial score (nSPS) is 12.4. The molecular formula is C17H12N6. The van der Waals surface area contributed by atoms with Gasteiger partial charge in [-0.15, -0.1) is 10.2 Å². The average molecular weight is 300 g/mol. The second-order valence-corrected chi connectivity index (χ2v) is 5.26. The molecule has 23 heavy (non-hydrogen) atoms. The van der Waals surface area contributed by atoms with E-state index in [1.54, 1.807) is 6.20 Å². The highest BCUT2D eigenvalue weighted by atomic mass is 15.5. The fourth-order valence-electron chi connectivity index (χ4n) is 2.81. The Morgan fingerprint density at radius 1 is 1.17 bits per heavy atom. The van der Waals surface area contributed by atoms with Crippen molar-refractivity contribution in [3.63, 3.8) is 0 Å². The SMILES string of the molecule is N#CC(=CNc1ccc2c(c1)Cc1ccccc1-2)c1nn[nH]n1. The zero-order chi connectivity index (χ0) is 15.6. The first-order valence-electron chi connectivity index (χ1n) is 7.17. The first-order valence-corrected chi connectivity index (χ1v) is 7.17. The van der Waals surface area contributed by atoms with Gasteiger partial charge in [0.15, 0.2) is 0 Å². The smallest absolute Gasteiger partial charge is 0.216 e. The van der Waals surface area contributed by atoms with E-state index in [0.29, 0.717) is 5.57 Å². The van der Waals surface area contributed by atoms with Crippen molar-refractivity contribution in [3.8, 4) is 17.2 Å².